The first-order valence-electron chi connectivity index (χ1n) is 8.83. The molecule has 6 heteroatoms. The molecule has 0 saturated heterocycles. The molecular formula is C21H22N6. The van der Waals surface area contributed by atoms with Gasteiger partial charge in [0, 0.05) is 40.5 Å². The summed E-state index contributed by atoms with van der Waals surface area (Å²) in [7, 11) is 0. The Bertz CT molecular complexity index is 1180. The van der Waals surface area contributed by atoms with Crippen molar-refractivity contribution in [2.24, 2.45) is 5.73 Å². The zero-order valence-electron chi connectivity index (χ0n) is 15.4. The van der Waals surface area contributed by atoms with Crippen LogP contribution in [0.15, 0.2) is 53.9 Å². The van der Waals surface area contributed by atoms with E-state index in [4.69, 9.17) is 11.1 Å². The van der Waals surface area contributed by atoms with Crippen molar-refractivity contribution in [2.75, 3.05) is 5.32 Å². The Kier molecular flexibility index (Phi) is 4.16. The molecule has 0 unspecified atom stereocenters. The van der Waals surface area contributed by atoms with E-state index in [0.29, 0.717) is 12.2 Å². The van der Waals surface area contributed by atoms with Crippen LogP contribution in [-0.2, 0) is 6.42 Å². The zero-order chi connectivity index (χ0) is 19.0. The number of allylic oxidation sites excluding steroid dienone is 1. The number of imidazole rings is 1. The Morgan fingerprint density at radius 2 is 2.00 bits per heavy atom. The number of nitrogens with two attached hydrogens (primary N) is 1. The van der Waals surface area contributed by atoms with Crippen LogP contribution in [0.3, 0.4) is 0 Å². The van der Waals surface area contributed by atoms with Gasteiger partial charge in [-0.1, -0.05) is 12.1 Å². The van der Waals surface area contributed by atoms with Crippen molar-refractivity contribution in [1.82, 2.24) is 15.0 Å². The van der Waals surface area contributed by atoms with Gasteiger partial charge in [0.05, 0.1) is 11.0 Å². The van der Waals surface area contributed by atoms with E-state index in [-0.39, 0.29) is 0 Å². The third kappa shape index (κ3) is 3.29. The predicted molar refractivity (Wildman–Crippen MR) is 111 cm³/mol. The van der Waals surface area contributed by atoms with Crippen LogP contribution in [0.1, 0.15) is 17.1 Å². The number of fused-ring (bicyclic) bond motifs is 2. The van der Waals surface area contributed by atoms with Crippen LogP contribution in [0, 0.1) is 19.3 Å². The minimum absolute atomic E-state index is 0.465. The van der Waals surface area contributed by atoms with Crippen molar-refractivity contribution in [3.05, 3.63) is 70.9 Å². The normalized spacial score (nSPS) is 12.4. The molecule has 0 radical (unpaired) electrons. The van der Waals surface area contributed by atoms with Gasteiger partial charge in [-0.3, -0.25) is 0 Å². The van der Waals surface area contributed by atoms with Crippen molar-refractivity contribution in [3.8, 4) is 0 Å². The Morgan fingerprint density at radius 3 is 2.78 bits per heavy atom. The second kappa shape index (κ2) is 6.64. The molecule has 0 amide bonds. The molecule has 0 aliphatic carbocycles. The van der Waals surface area contributed by atoms with Gasteiger partial charge < -0.3 is 26.4 Å². The first-order valence-corrected chi connectivity index (χ1v) is 8.83. The largest absolute Gasteiger partial charge is 0.385 e. The van der Waals surface area contributed by atoms with Gasteiger partial charge in [0.2, 0.25) is 0 Å². The number of anilines is 1. The molecule has 0 bridgehead atoms. The minimum Gasteiger partial charge on any atom is -0.385 e. The second-order valence-electron chi connectivity index (χ2n) is 6.77. The Labute approximate surface area is 157 Å². The van der Waals surface area contributed by atoms with E-state index in [1.807, 2.05) is 31.2 Å². The Hall–Kier alpha value is -3.54. The smallest absolute Gasteiger partial charge is 0.106 e. The molecule has 2 aromatic heterocycles. The summed E-state index contributed by atoms with van der Waals surface area (Å²) in [5, 5.41) is 12.2. The van der Waals surface area contributed by atoms with Crippen LogP contribution >= 0.6 is 0 Å². The van der Waals surface area contributed by atoms with Crippen LogP contribution in [0.2, 0.25) is 0 Å². The highest BCUT2D eigenvalue weighted by molar-refractivity contribution is 5.85. The molecule has 4 aromatic rings. The van der Waals surface area contributed by atoms with Gasteiger partial charge in [-0.15, -0.1) is 0 Å². The lowest BCUT2D eigenvalue weighted by Gasteiger charge is -2.10. The molecule has 0 spiro atoms. The van der Waals surface area contributed by atoms with Crippen molar-refractivity contribution >= 4 is 33.8 Å². The van der Waals surface area contributed by atoms with Gasteiger partial charge in [-0.2, -0.15) is 0 Å². The number of benzene rings is 2. The summed E-state index contributed by atoms with van der Waals surface area (Å²) < 4.78 is 0. The van der Waals surface area contributed by atoms with Crippen molar-refractivity contribution in [3.63, 3.8) is 0 Å². The highest BCUT2D eigenvalue weighted by Crippen LogP contribution is 2.22. The third-order valence-electron chi connectivity index (χ3n) is 4.72. The summed E-state index contributed by atoms with van der Waals surface area (Å²) in [6.45, 7) is 4.02. The lowest BCUT2D eigenvalue weighted by Crippen LogP contribution is -2.14. The first-order chi connectivity index (χ1) is 13.0. The number of H-pyrrole nitrogens is 2. The zero-order valence-corrected chi connectivity index (χ0v) is 15.4. The van der Waals surface area contributed by atoms with Crippen LogP contribution in [0.4, 0.5) is 5.69 Å². The van der Waals surface area contributed by atoms with Gasteiger partial charge in [0.1, 0.15) is 11.6 Å². The summed E-state index contributed by atoms with van der Waals surface area (Å²) in [5.41, 5.74) is 13.0. The van der Waals surface area contributed by atoms with Crippen molar-refractivity contribution in [2.45, 2.75) is 20.3 Å². The molecule has 4 rings (SSSR count). The quantitative estimate of drug-likeness (QED) is 0.346. The topological polar surface area (TPSA) is 106 Å². The van der Waals surface area contributed by atoms with Gasteiger partial charge in [-0.05, 0) is 49.7 Å². The average Bonchev–Trinajstić information content (AvgIpc) is 3.22. The molecule has 0 aliphatic heterocycles. The maximum Gasteiger partial charge on any atom is 0.106 e. The summed E-state index contributed by atoms with van der Waals surface area (Å²) in [6.07, 6.45) is 1.86. The van der Waals surface area contributed by atoms with Gasteiger partial charge in [0.25, 0.3) is 0 Å². The van der Waals surface area contributed by atoms with E-state index in [0.717, 1.165) is 39.3 Å². The predicted octanol–water partition coefficient (Wildman–Crippen LogP) is 4.14. The summed E-state index contributed by atoms with van der Waals surface area (Å²) in [6, 6.07) is 14.2. The van der Waals surface area contributed by atoms with Crippen LogP contribution in [-0.4, -0.2) is 21.2 Å². The highest BCUT2D eigenvalue weighted by atomic mass is 15.0. The number of aryl methyl sites for hydroxylation is 2. The lowest BCUT2D eigenvalue weighted by molar-refractivity contribution is 1.10. The average molecular weight is 358 g/mol. The van der Waals surface area contributed by atoms with E-state index in [1.165, 1.54) is 17.2 Å². The van der Waals surface area contributed by atoms with E-state index in [2.05, 4.69) is 45.4 Å². The fraction of sp³-hybridized carbons (Fsp3) is 0.143. The Morgan fingerprint density at radius 1 is 1.15 bits per heavy atom. The summed E-state index contributed by atoms with van der Waals surface area (Å²) in [4.78, 5) is 11.1. The van der Waals surface area contributed by atoms with Gasteiger partial charge in [-0.25, -0.2) is 4.98 Å². The fourth-order valence-corrected chi connectivity index (χ4v) is 3.34. The number of hydrogen-bond donors (Lipinski definition) is 5. The molecule has 0 aliphatic rings. The Balaban J connectivity index is 1.61. The number of aromatic amines is 2. The van der Waals surface area contributed by atoms with E-state index < -0.39 is 0 Å². The van der Waals surface area contributed by atoms with E-state index >= 15 is 0 Å². The summed E-state index contributed by atoms with van der Waals surface area (Å²) >= 11 is 0. The molecule has 2 aromatic carbocycles. The number of nitrogens with one attached hydrogen (secondary N) is 4. The first kappa shape index (κ1) is 16.9. The molecule has 27 heavy (non-hydrogen) atoms. The van der Waals surface area contributed by atoms with Crippen molar-refractivity contribution < 1.29 is 0 Å². The second-order valence-corrected chi connectivity index (χ2v) is 6.77. The standard InChI is InChI=1S/C21H22N6/c1-12-4-3-5-18-17(12)9-16(26-18)8-14(11-22)21(23)27-15-6-7-19-20(10-15)25-13(2)24-19/h3-7,9-11,22,26-27H,8,23H2,1-2H3,(H,24,25)/b21-14-,22-11?. The summed E-state index contributed by atoms with van der Waals surface area (Å²) in [5.74, 6) is 1.34. The number of nitrogens with zero attached hydrogens (tertiary/aromatic N) is 1. The maximum atomic E-state index is 7.78. The fourth-order valence-electron chi connectivity index (χ4n) is 3.34. The van der Waals surface area contributed by atoms with Crippen LogP contribution < -0.4 is 11.1 Å². The molecule has 0 atom stereocenters. The minimum atomic E-state index is 0.465. The molecule has 2 heterocycles. The third-order valence-corrected chi connectivity index (χ3v) is 4.72. The molecular weight excluding hydrogens is 336 g/mol. The maximum absolute atomic E-state index is 7.78. The molecule has 136 valence electrons. The monoisotopic (exact) mass is 358 g/mol. The van der Waals surface area contributed by atoms with Crippen LogP contribution in [0.25, 0.3) is 21.9 Å². The van der Waals surface area contributed by atoms with E-state index in [9.17, 15) is 0 Å². The SMILES string of the molecule is Cc1nc2cc(N/C(N)=C(\C=N)Cc3cc4c(C)cccc4[nH]3)ccc2[nH]1. The highest BCUT2D eigenvalue weighted by Gasteiger charge is 2.08. The molecule has 6 nitrogen and oxygen atoms in total. The van der Waals surface area contributed by atoms with Gasteiger partial charge in [0.15, 0.2) is 0 Å². The molecule has 0 saturated carbocycles. The lowest BCUT2D eigenvalue weighted by atomic mass is 10.1. The number of hydrogen-bond acceptors (Lipinski definition) is 4. The van der Waals surface area contributed by atoms with Crippen molar-refractivity contribution in [1.29, 1.82) is 5.41 Å². The number of aromatic nitrogens is 3. The molecule has 6 N–H and O–H groups in total. The molecule has 0 fully saturated rings. The van der Waals surface area contributed by atoms with E-state index in [1.54, 1.807) is 0 Å². The van der Waals surface area contributed by atoms with Crippen LogP contribution in [0.5, 0.6) is 0 Å². The van der Waals surface area contributed by atoms with Gasteiger partial charge >= 0.3 is 0 Å². The number of rotatable bonds is 5.